The minimum Gasteiger partial charge on any atom is -0.433 e. The third kappa shape index (κ3) is 5.75. The number of pyridine rings is 1. The number of hydrogen-bond donors (Lipinski definition) is 2. The summed E-state index contributed by atoms with van der Waals surface area (Å²) in [6, 6.07) is 8.09. The van der Waals surface area contributed by atoms with Crippen molar-refractivity contribution in [3.63, 3.8) is 0 Å². The Labute approximate surface area is 222 Å². The van der Waals surface area contributed by atoms with Gasteiger partial charge < -0.3 is 30.2 Å². The predicted molar refractivity (Wildman–Crippen MR) is 150 cm³/mol. The van der Waals surface area contributed by atoms with Crippen molar-refractivity contribution in [1.82, 2.24) is 14.5 Å². The van der Waals surface area contributed by atoms with E-state index in [9.17, 15) is 0 Å². The minimum absolute atomic E-state index is 0.132. The van der Waals surface area contributed by atoms with Gasteiger partial charge in [0.25, 0.3) is 5.88 Å². The number of ether oxygens (including phenoxy) is 1. The van der Waals surface area contributed by atoms with E-state index in [1.165, 1.54) is 6.07 Å². The van der Waals surface area contributed by atoms with Gasteiger partial charge in [-0.25, -0.2) is 18.8 Å². The van der Waals surface area contributed by atoms with Crippen LogP contribution < -0.4 is 20.7 Å². The maximum atomic E-state index is 15.4. The Balaban J connectivity index is 1.50. The van der Waals surface area contributed by atoms with E-state index in [2.05, 4.69) is 32.0 Å². The summed E-state index contributed by atoms with van der Waals surface area (Å²) < 4.78 is 38.5. The molecule has 0 radical (unpaired) electrons. The largest absolute Gasteiger partial charge is 0.433 e. The Morgan fingerprint density at radius 1 is 1.18 bits per heavy atom. The summed E-state index contributed by atoms with van der Waals surface area (Å²) >= 11 is 0. The van der Waals surface area contributed by atoms with Crippen molar-refractivity contribution in [2.45, 2.75) is 46.7 Å². The van der Waals surface area contributed by atoms with E-state index < -0.39 is 23.6 Å². The first-order valence-electron chi connectivity index (χ1n) is 13.0. The van der Waals surface area contributed by atoms with Crippen LogP contribution in [-0.2, 0) is 0 Å². The molecule has 0 amide bonds. The zero-order valence-electron chi connectivity index (χ0n) is 22.7. The molecule has 1 saturated heterocycles. The molecule has 1 unspecified atom stereocenters. The van der Waals surface area contributed by atoms with Gasteiger partial charge in [-0.1, -0.05) is 6.92 Å². The van der Waals surface area contributed by atoms with E-state index in [0.29, 0.717) is 11.2 Å². The number of nitrogens with two attached hydrogens (primary N) is 1. The number of piperazine rings is 1. The molecule has 3 aromatic rings. The molecule has 1 atom stereocenters. The summed E-state index contributed by atoms with van der Waals surface area (Å²) in [5.41, 5.74) is 8.15. The zero-order chi connectivity index (χ0) is 27.4. The number of fused-ring (bicyclic) bond motifs is 1. The first kappa shape index (κ1) is 27.4. The van der Waals surface area contributed by atoms with Crippen LogP contribution in [0.1, 0.15) is 39.4 Å². The van der Waals surface area contributed by atoms with Gasteiger partial charge in [0.2, 0.25) is 0 Å². The third-order valence-electron chi connectivity index (χ3n) is 6.91. The number of anilines is 2. The number of aromatic nitrogens is 2. The van der Waals surface area contributed by atoms with Gasteiger partial charge in [-0.05, 0) is 64.6 Å². The molecule has 1 fully saturated rings. The summed E-state index contributed by atoms with van der Waals surface area (Å²) in [6.45, 7) is 14.7. The quantitative estimate of drug-likeness (QED) is 0.227. The topological polar surface area (TPSA) is 83.9 Å². The normalized spacial score (nSPS) is 16.4. The molecule has 1 aliphatic rings. The molecule has 38 heavy (non-hydrogen) atoms. The Kier molecular flexibility index (Phi) is 8.51. The van der Waals surface area contributed by atoms with E-state index in [0.717, 1.165) is 56.0 Å². The van der Waals surface area contributed by atoms with Crippen molar-refractivity contribution >= 4 is 28.7 Å². The Bertz CT molecular complexity index is 1310. The lowest BCUT2D eigenvalue weighted by atomic mass is 10.2. The highest BCUT2D eigenvalue weighted by atomic mass is 19.1. The second-order valence-electron chi connectivity index (χ2n) is 9.78. The van der Waals surface area contributed by atoms with Gasteiger partial charge in [0.05, 0.1) is 29.8 Å². The van der Waals surface area contributed by atoms with Crippen molar-refractivity contribution < 1.29 is 13.5 Å². The molecular weight excluding hydrogens is 488 g/mol. The van der Waals surface area contributed by atoms with Crippen LogP contribution in [-0.4, -0.2) is 59.6 Å². The Morgan fingerprint density at radius 3 is 2.53 bits per heavy atom. The number of hydrogen-bond acceptors (Lipinski definition) is 6. The first-order valence-corrected chi connectivity index (χ1v) is 13.0. The van der Waals surface area contributed by atoms with Crippen LogP contribution in [0.25, 0.3) is 10.9 Å². The van der Waals surface area contributed by atoms with E-state index in [1.807, 2.05) is 37.5 Å². The lowest BCUT2D eigenvalue weighted by Gasteiger charge is -2.35. The van der Waals surface area contributed by atoms with Crippen LogP contribution >= 0.6 is 0 Å². The molecule has 10 heteroatoms. The van der Waals surface area contributed by atoms with Crippen molar-refractivity contribution in [3.8, 4) is 5.75 Å². The van der Waals surface area contributed by atoms with Crippen LogP contribution in [0.2, 0.25) is 0 Å². The summed E-state index contributed by atoms with van der Waals surface area (Å²) in [5.74, 6) is -1.37. The summed E-state index contributed by atoms with van der Waals surface area (Å²) in [7, 11) is 0. The average Bonchev–Trinajstić information content (AvgIpc) is 3.26. The Hall–Kier alpha value is -3.66. The van der Waals surface area contributed by atoms with Gasteiger partial charge in [-0.2, -0.15) is 0 Å². The highest BCUT2D eigenvalue weighted by Crippen LogP contribution is 2.33. The molecule has 0 aliphatic carbocycles. The molecule has 0 spiro atoms. The van der Waals surface area contributed by atoms with Gasteiger partial charge in [0.15, 0.2) is 17.4 Å². The summed E-state index contributed by atoms with van der Waals surface area (Å²) in [4.78, 5) is 13.0. The lowest BCUT2D eigenvalue weighted by Crippen LogP contribution is -2.46. The van der Waals surface area contributed by atoms with Crippen LogP contribution in [0.15, 0.2) is 53.2 Å². The number of halogens is 2. The van der Waals surface area contributed by atoms with Gasteiger partial charge in [0.1, 0.15) is 5.82 Å². The number of nitrogens with zero attached hydrogens (tertiary/aromatic N) is 5. The molecule has 204 valence electrons. The molecule has 1 aromatic carbocycles. The fraction of sp³-hybridized carbons (Fsp3) is 0.429. The number of rotatable bonds is 9. The molecule has 8 nitrogen and oxygen atoms in total. The second-order valence-corrected chi connectivity index (χ2v) is 9.78. The monoisotopic (exact) mass is 525 g/mol. The summed E-state index contributed by atoms with van der Waals surface area (Å²) in [6.07, 6.45) is 2.70. The highest BCUT2D eigenvalue weighted by Gasteiger charge is 2.21. The highest BCUT2D eigenvalue weighted by molar-refractivity contribution is 5.84. The van der Waals surface area contributed by atoms with Crippen LogP contribution in [0.4, 0.5) is 20.3 Å². The summed E-state index contributed by atoms with van der Waals surface area (Å²) in [5, 5.41) is 3.42. The second kappa shape index (κ2) is 11.8. The first-order chi connectivity index (χ1) is 18.2. The fourth-order valence-electron chi connectivity index (χ4n) is 4.90. The van der Waals surface area contributed by atoms with E-state index in [-0.39, 0.29) is 11.8 Å². The smallest absolute Gasteiger partial charge is 0.255 e. The number of benzene rings is 1. The standard InChI is InChI=1S/C28H37F2N7O/c1-6-35-11-13-36(14-12-35)21-7-10-25(32-16-21)34-20(5)26(29)28(33-17-31)38-24-9-8-23-22(27(24)30)15-19(4)37(23)18(2)3/h7-10,15-18,20H,6,11-14H2,1-5H3,(H2,31,33)(H,32,34)/b28-26-. The van der Waals surface area contributed by atoms with Crippen LogP contribution in [0, 0.1) is 12.7 Å². The van der Waals surface area contributed by atoms with E-state index in [4.69, 9.17) is 10.5 Å². The van der Waals surface area contributed by atoms with E-state index in [1.54, 1.807) is 25.3 Å². The van der Waals surface area contributed by atoms with Gasteiger partial charge in [0, 0.05) is 43.3 Å². The fourth-order valence-corrected chi connectivity index (χ4v) is 4.90. The Morgan fingerprint density at radius 2 is 1.92 bits per heavy atom. The van der Waals surface area contributed by atoms with Crippen molar-refractivity contribution in [1.29, 1.82) is 0 Å². The molecular formula is C28H37F2N7O. The van der Waals surface area contributed by atoms with E-state index >= 15 is 8.78 Å². The molecule has 0 saturated carbocycles. The van der Waals surface area contributed by atoms with Crippen molar-refractivity contribution in [2.24, 2.45) is 10.7 Å². The number of likely N-dealkylation sites (N-methyl/N-ethyl adjacent to an activating group) is 1. The maximum Gasteiger partial charge on any atom is 0.255 e. The third-order valence-corrected chi connectivity index (χ3v) is 6.91. The van der Waals surface area contributed by atoms with Gasteiger partial charge >= 0.3 is 0 Å². The molecule has 1 aliphatic heterocycles. The van der Waals surface area contributed by atoms with Crippen LogP contribution in [0.3, 0.4) is 0 Å². The SMILES string of the molecule is CCN1CCN(c2ccc(NC(C)/C(F)=C(\N=CN)Oc3ccc4c(cc(C)n4C(C)C)c3F)nc2)CC1. The van der Waals surface area contributed by atoms with Gasteiger partial charge in [-0.3, -0.25) is 0 Å². The molecule has 3 N–H and O–H groups in total. The predicted octanol–water partition coefficient (Wildman–Crippen LogP) is 5.21. The number of aryl methyl sites for hydroxylation is 1. The number of aliphatic imine (C=N–C) groups is 1. The van der Waals surface area contributed by atoms with Crippen molar-refractivity contribution in [2.75, 3.05) is 42.9 Å². The van der Waals surface area contributed by atoms with Gasteiger partial charge in [-0.15, -0.1) is 0 Å². The molecule has 4 rings (SSSR count). The zero-order valence-corrected chi connectivity index (χ0v) is 22.7. The lowest BCUT2D eigenvalue weighted by molar-refractivity contribution is 0.271. The average molecular weight is 526 g/mol. The molecule has 3 heterocycles. The maximum absolute atomic E-state index is 15.4. The number of nitrogens with one attached hydrogen (secondary N) is 1. The van der Waals surface area contributed by atoms with Crippen molar-refractivity contribution in [3.05, 3.63) is 59.7 Å². The molecule has 2 aromatic heterocycles. The molecule has 0 bridgehead atoms. The van der Waals surface area contributed by atoms with Crippen LogP contribution in [0.5, 0.6) is 5.75 Å². The minimum atomic E-state index is -0.851.